The molecule has 0 saturated heterocycles. The molecule has 0 saturated carbocycles. The number of esters is 1. The van der Waals surface area contributed by atoms with Crippen molar-refractivity contribution in [1.82, 2.24) is 5.32 Å². The predicted octanol–water partition coefficient (Wildman–Crippen LogP) is 2.06. The fourth-order valence-corrected chi connectivity index (χ4v) is 2.14. The van der Waals surface area contributed by atoms with Crippen LogP contribution in [0.3, 0.4) is 0 Å². The molecule has 0 aliphatic rings. The molecule has 1 amide bonds. The SMILES string of the molecule is CCOC(=O)C(N)C(=O)NC(C)c1ccc(Cl)cc1Cl. The van der Waals surface area contributed by atoms with Gasteiger partial charge in [0.1, 0.15) is 0 Å². The van der Waals surface area contributed by atoms with E-state index in [0.29, 0.717) is 15.6 Å². The zero-order valence-electron chi connectivity index (χ0n) is 11.2. The Balaban J connectivity index is 2.72. The van der Waals surface area contributed by atoms with Crippen LogP contribution in [0.15, 0.2) is 18.2 Å². The molecule has 0 fully saturated rings. The minimum atomic E-state index is -1.36. The summed E-state index contributed by atoms with van der Waals surface area (Å²) < 4.78 is 4.68. The molecular weight excluding hydrogens is 303 g/mol. The van der Waals surface area contributed by atoms with Crippen LogP contribution in [0.5, 0.6) is 0 Å². The molecule has 0 aliphatic heterocycles. The highest BCUT2D eigenvalue weighted by Crippen LogP contribution is 2.26. The Hall–Kier alpha value is -1.30. The molecule has 1 aromatic rings. The standard InChI is InChI=1S/C13H16Cl2N2O3/c1-3-20-13(19)11(16)12(18)17-7(2)9-5-4-8(14)6-10(9)15/h4-7,11H,3,16H2,1-2H3,(H,17,18). The highest BCUT2D eigenvalue weighted by atomic mass is 35.5. The van der Waals surface area contributed by atoms with E-state index >= 15 is 0 Å². The summed E-state index contributed by atoms with van der Waals surface area (Å²) in [5, 5.41) is 3.53. The largest absolute Gasteiger partial charge is 0.464 e. The Kier molecular flexibility index (Phi) is 6.26. The van der Waals surface area contributed by atoms with Gasteiger partial charge >= 0.3 is 5.97 Å². The third-order valence-corrected chi connectivity index (χ3v) is 3.17. The molecule has 0 radical (unpaired) electrons. The second-order valence-electron chi connectivity index (χ2n) is 4.13. The second kappa shape index (κ2) is 7.47. The zero-order chi connectivity index (χ0) is 15.3. The Morgan fingerprint density at radius 2 is 2.05 bits per heavy atom. The van der Waals surface area contributed by atoms with E-state index in [1.807, 2.05) is 0 Å². The van der Waals surface area contributed by atoms with Crippen molar-refractivity contribution in [2.24, 2.45) is 5.73 Å². The van der Waals surface area contributed by atoms with E-state index in [0.717, 1.165) is 0 Å². The molecule has 2 unspecified atom stereocenters. The first kappa shape index (κ1) is 16.8. The van der Waals surface area contributed by atoms with Gasteiger partial charge in [-0.15, -0.1) is 0 Å². The first-order valence-electron chi connectivity index (χ1n) is 6.04. The summed E-state index contributed by atoms with van der Waals surface area (Å²) in [6, 6.07) is 3.17. The highest BCUT2D eigenvalue weighted by Gasteiger charge is 2.25. The topological polar surface area (TPSA) is 81.4 Å². The fraction of sp³-hybridized carbons (Fsp3) is 0.385. The van der Waals surface area contributed by atoms with Crippen molar-refractivity contribution in [2.75, 3.05) is 6.61 Å². The van der Waals surface area contributed by atoms with Crippen molar-refractivity contribution in [3.05, 3.63) is 33.8 Å². The number of benzene rings is 1. The van der Waals surface area contributed by atoms with Crippen LogP contribution in [0, 0.1) is 0 Å². The van der Waals surface area contributed by atoms with Gasteiger partial charge in [0.05, 0.1) is 12.6 Å². The number of carbonyl (C=O) groups is 2. The van der Waals surface area contributed by atoms with Crippen LogP contribution in [0.25, 0.3) is 0 Å². The Labute approximate surface area is 127 Å². The van der Waals surface area contributed by atoms with E-state index in [4.69, 9.17) is 28.9 Å². The molecule has 2 atom stereocenters. The van der Waals surface area contributed by atoms with Crippen LogP contribution in [-0.2, 0) is 14.3 Å². The minimum Gasteiger partial charge on any atom is -0.464 e. The predicted molar refractivity (Wildman–Crippen MR) is 77.6 cm³/mol. The van der Waals surface area contributed by atoms with Gasteiger partial charge in [0.2, 0.25) is 5.91 Å². The highest BCUT2D eigenvalue weighted by molar-refractivity contribution is 6.35. The van der Waals surface area contributed by atoms with Gasteiger partial charge in [-0.1, -0.05) is 29.3 Å². The summed E-state index contributed by atoms with van der Waals surface area (Å²) in [5.74, 6) is -1.39. The van der Waals surface area contributed by atoms with E-state index in [9.17, 15) is 9.59 Å². The van der Waals surface area contributed by atoms with E-state index in [2.05, 4.69) is 10.1 Å². The number of nitrogens with one attached hydrogen (secondary N) is 1. The molecule has 0 spiro atoms. The fourth-order valence-electron chi connectivity index (χ4n) is 1.57. The van der Waals surface area contributed by atoms with Crippen LogP contribution in [-0.4, -0.2) is 24.5 Å². The normalized spacial score (nSPS) is 13.4. The third kappa shape index (κ3) is 4.37. The van der Waals surface area contributed by atoms with Crippen LogP contribution in [0.2, 0.25) is 10.0 Å². The summed E-state index contributed by atoms with van der Waals surface area (Å²) >= 11 is 11.8. The summed E-state index contributed by atoms with van der Waals surface area (Å²) in [6.07, 6.45) is 0. The summed E-state index contributed by atoms with van der Waals surface area (Å²) in [5.41, 5.74) is 6.18. The molecule has 1 rings (SSSR count). The van der Waals surface area contributed by atoms with Crippen molar-refractivity contribution in [2.45, 2.75) is 25.9 Å². The van der Waals surface area contributed by atoms with Crippen molar-refractivity contribution >= 4 is 35.1 Å². The quantitative estimate of drug-likeness (QED) is 0.643. The van der Waals surface area contributed by atoms with Gasteiger partial charge in [0, 0.05) is 10.0 Å². The van der Waals surface area contributed by atoms with Crippen molar-refractivity contribution in [1.29, 1.82) is 0 Å². The van der Waals surface area contributed by atoms with Crippen molar-refractivity contribution in [3.8, 4) is 0 Å². The number of nitrogens with two attached hydrogens (primary N) is 1. The van der Waals surface area contributed by atoms with Gasteiger partial charge in [-0.2, -0.15) is 0 Å². The number of halogens is 2. The zero-order valence-corrected chi connectivity index (χ0v) is 12.7. The lowest BCUT2D eigenvalue weighted by Crippen LogP contribution is -2.47. The van der Waals surface area contributed by atoms with E-state index < -0.39 is 24.0 Å². The lowest BCUT2D eigenvalue weighted by molar-refractivity contribution is -0.148. The van der Waals surface area contributed by atoms with E-state index in [1.54, 1.807) is 32.0 Å². The third-order valence-electron chi connectivity index (χ3n) is 2.61. The molecular formula is C13H16Cl2N2O3. The maximum atomic E-state index is 11.8. The molecule has 0 aliphatic carbocycles. The molecule has 1 aromatic carbocycles. The van der Waals surface area contributed by atoms with Crippen molar-refractivity contribution in [3.63, 3.8) is 0 Å². The Morgan fingerprint density at radius 1 is 1.40 bits per heavy atom. The monoisotopic (exact) mass is 318 g/mol. The number of amides is 1. The maximum absolute atomic E-state index is 11.8. The average molecular weight is 319 g/mol. The Morgan fingerprint density at radius 3 is 2.60 bits per heavy atom. The summed E-state index contributed by atoms with van der Waals surface area (Å²) in [6.45, 7) is 3.53. The summed E-state index contributed by atoms with van der Waals surface area (Å²) in [4.78, 5) is 23.2. The average Bonchev–Trinajstić information content (AvgIpc) is 2.37. The first-order valence-corrected chi connectivity index (χ1v) is 6.80. The van der Waals surface area contributed by atoms with Crippen LogP contribution in [0.1, 0.15) is 25.5 Å². The molecule has 3 N–H and O–H groups in total. The number of hydrogen-bond donors (Lipinski definition) is 2. The van der Waals surface area contributed by atoms with Gasteiger partial charge in [-0.05, 0) is 31.5 Å². The molecule has 0 aromatic heterocycles. The maximum Gasteiger partial charge on any atom is 0.332 e. The van der Waals surface area contributed by atoms with Crippen molar-refractivity contribution < 1.29 is 14.3 Å². The lowest BCUT2D eigenvalue weighted by atomic mass is 10.1. The molecule has 7 heteroatoms. The molecule has 0 heterocycles. The smallest absolute Gasteiger partial charge is 0.332 e. The minimum absolute atomic E-state index is 0.165. The summed E-state index contributed by atoms with van der Waals surface area (Å²) in [7, 11) is 0. The number of carbonyl (C=O) groups excluding carboxylic acids is 2. The number of hydrogen-bond acceptors (Lipinski definition) is 4. The van der Waals surface area contributed by atoms with E-state index in [1.165, 1.54) is 0 Å². The molecule has 5 nitrogen and oxygen atoms in total. The van der Waals surface area contributed by atoms with Gasteiger partial charge in [0.15, 0.2) is 6.04 Å². The Bertz CT molecular complexity index is 508. The van der Waals surface area contributed by atoms with Gasteiger partial charge in [0.25, 0.3) is 0 Å². The molecule has 20 heavy (non-hydrogen) atoms. The molecule has 110 valence electrons. The van der Waals surface area contributed by atoms with Crippen LogP contribution >= 0.6 is 23.2 Å². The van der Waals surface area contributed by atoms with Crippen LogP contribution in [0.4, 0.5) is 0 Å². The number of rotatable bonds is 5. The first-order chi connectivity index (χ1) is 9.36. The van der Waals surface area contributed by atoms with Gasteiger partial charge in [-0.25, -0.2) is 4.79 Å². The second-order valence-corrected chi connectivity index (χ2v) is 4.97. The van der Waals surface area contributed by atoms with Gasteiger partial charge < -0.3 is 15.8 Å². The number of ether oxygens (including phenoxy) is 1. The lowest BCUT2D eigenvalue weighted by Gasteiger charge is -2.18. The molecule has 0 bridgehead atoms. The van der Waals surface area contributed by atoms with E-state index in [-0.39, 0.29) is 6.61 Å². The van der Waals surface area contributed by atoms with Crippen LogP contribution < -0.4 is 11.1 Å². The van der Waals surface area contributed by atoms with Gasteiger partial charge in [-0.3, -0.25) is 4.79 Å².